The van der Waals surface area contributed by atoms with E-state index in [9.17, 15) is 9.59 Å². The zero-order valence-corrected chi connectivity index (χ0v) is 41.4. The van der Waals surface area contributed by atoms with Crippen molar-refractivity contribution in [3.63, 3.8) is 0 Å². The van der Waals surface area contributed by atoms with Crippen molar-refractivity contribution in [3.8, 4) is 34.5 Å². The van der Waals surface area contributed by atoms with Gasteiger partial charge in [0.1, 0.15) is 23.6 Å². The van der Waals surface area contributed by atoms with Crippen molar-refractivity contribution < 1.29 is 56.5 Å². The number of hydrogen-bond acceptors (Lipinski definition) is 10. The normalized spacial score (nSPS) is 19.9. The number of methoxy groups -OCH3 is 6. The molecule has 2 aliphatic heterocycles. The number of hydrogen-bond donors (Lipinski definition) is 0. The third-order valence-corrected chi connectivity index (χ3v) is 14.4. The second-order valence-corrected chi connectivity index (χ2v) is 18.4. The highest BCUT2D eigenvalue weighted by Gasteiger charge is 2.42. The van der Waals surface area contributed by atoms with Crippen LogP contribution in [-0.4, -0.2) is 117 Å². The third kappa shape index (κ3) is 10.9. The molecule has 356 valence electrons. The minimum Gasteiger partial charge on any atom is -0.496 e. The SMILES string of the molecule is COc1ccc(CC2c3cc(OC)c(OC)cc3CC[N+]2(C)CCCOC(=O)/C=C/C(=O)OCCC[N+]2(C)CCc3cc(C)c(C)c(OC)c3C2Cc2cc(C)c(C)c(OC)c2)cc1OC. The van der Waals surface area contributed by atoms with Crippen LogP contribution in [0.4, 0.5) is 0 Å². The van der Waals surface area contributed by atoms with E-state index >= 15 is 0 Å². The van der Waals surface area contributed by atoms with Gasteiger partial charge in [-0.15, -0.1) is 0 Å². The molecule has 12 heteroatoms. The standard InChI is InChI=1S/C54H72N2O10/c1-35-27-40(32-47(60-8)37(35)3)30-45-53-42(28-36(2)38(4)54(53)64-12)20-24-56(45,6)22-14-26-66-52(58)18-17-51(57)65-25-13-21-55(5)23-19-41-33-49(62-10)50(63-11)34-43(41)44(55)29-39-15-16-46(59-7)48(31-39)61-9/h15-18,27-28,31-34,44-45H,13-14,19-26,29-30H2,1-12H3/q+2/b18-17+. The summed E-state index contributed by atoms with van der Waals surface area (Å²) in [6, 6.07) is 17.2. The molecule has 12 nitrogen and oxygen atoms in total. The van der Waals surface area contributed by atoms with Crippen LogP contribution in [-0.2, 0) is 44.7 Å². The van der Waals surface area contributed by atoms with Gasteiger partial charge in [0, 0.05) is 56.2 Å². The zero-order valence-electron chi connectivity index (χ0n) is 41.4. The minimum atomic E-state index is -0.576. The van der Waals surface area contributed by atoms with Crippen molar-refractivity contribution in [1.82, 2.24) is 0 Å². The van der Waals surface area contributed by atoms with E-state index in [2.05, 4.69) is 78.2 Å². The fraction of sp³-hybridized carbons (Fsp3) is 0.481. The van der Waals surface area contributed by atoms with E-state index in [1.165, 1.54) is 38.9 Å². The maximum absolute atomic E-state index is 12.9. The lowest BCUT2D eigenvalue weighted by Crippen LogP contribution is -2.53. The average Bonchev–Trinajstić information content (AvgIpc) is 3.31. The molecule has 0 aliphatic carbocycles. The fourth-order valence-electron chi connectivity index (χ4n) is 10.3. The van der Waals surface area contributed by atoms with E-state index in [4.69, 9.17) is 37.9 Å². The Balaban J connectivity index is 1.05. The van der Waals surface area contributed by atoms with Crippen LogP contribution in [0.1, 0.15) is 80.6 Å². The molecule has 0 saturated carbocycles. The fourth-order valence-corrected chi connectivity index (χ4v) is 10.3. The van der Waals surface area contributed by atoms with Gasteiger partial charge in [-0.25, -0.2) is 9.59 Å². The Kier molecular flexibility index (Phi) is 16.4. The second-order valence-electron chi connectivity index (χ2n) is 18.4. The van der Waals surface area contributed by atoms with E-state index < -0.39 is 11.9 Å². The monoisotopic (exact) mass is 909 g/mol. The zero-order chi connectivity index (χ0) is 47.8. The number of rotatable bonds is 20. The largest absolute Gasteiger partial charge is 0.496 e. The van der Waals surface area contributed by atoms with Gasteiger partial charge < -0.3 is 46.9 Å². The number of fused-ring (bicyclic) bond motifs is 2. The van der Waals surface area contributed by atoms with E-state index in [1.54, 1.807) is 42.7 Å². The van der Waals surface area contributed by atoms with Crippen LogP contribution in [0.2, 0.25) is 0 Å². The minimum absolute atomic E-state index is 0.0797. The summed E-state index contributed by atoms with van der Waals surface area (Å²) in [4.78, 5) is 25.7. The smallest absolute Gasteiger partial charge is 0.331 e. The molecule has 0 radical (unpaired) electrons. The molecular formula is C54H72N2O10+2. The third-order valence-electron chi connectivity index (χ3n) is 14.4. The van der Waals surface area contributed by atoms with Crippen LogP contribution in [0.3, 0.4) is 0 Å². The Morgan fingerprint density at radius 3 is 1.67 bits per heavy atom. The molecule has 0 amide bonds. The summed E-state index contributed by atoms with van der Waals surface area (Å²) in [6.07, 6.45) is 6.96. The Labute approximate surface area is 392 Å². The van der Waals surface area contributed by atoms with Crippen LogP contribution < -0.4 is 28.4 Å². The summed E-state index contributed by atoms with van der Waals surface area (Å²) in [6.45, 7) is 12.4. The summed E-state index contributed by atoms with van der Waals surface area (Å²) in [5.74, 6) is 3.48. The first-order valence-electron chi connectivity index (χ1n) is 23.1. The Hall–Kier alpha value is -5.72. The number of carbonyl (C=O) groups is 2. The molecule has 4 aromatic rings. The predicted molar refractivity (Wildman–Crippen MR) is 256 cm³/mol. The molecule has 0 bridgehead atoms. The highest BCUT2D eigenvalue weighted by Crippen LogP contribution is 2.46. The number of quaternary nitrogens is 2. The average molecular weight is 909 g/mol. The van der Waals surface area contributed by atoms with Gasteiger partial charge in [0.2, 0.25) is 0 Å². The van der Waals surface area contributed by atoms with Crippen molar-refractivity contribution >= 4 is 11.9 Å². The number of benzene rings is 4. The van der Waals surface area contributed by atoms with Gasteiger partial charge in [0.25, 0.3) is 0 Å². The molecule has 4 unspecified atom stereocenters. The van der Waals surface area contributed by atoms with Crippen molar-refractivity contribution in [3.05, 3.63) is 116 Å². The van der Waals surface area contributed by atoms with E-state index in [0.717, 1.165) is 101 Å². The molecule has 0 spiro atoms. The number of aryl methyl sites for hydroxylation is 2. The molecule has 0 saturated heterocycles. The van der Waals surface area contributed by atoms with E-state index in [0.29, 0.717) is 35.8 Å². The lowest BCUT2D eigenvalue weighted by Gasteiger charge is -2.46. The number of carbonyl (C=O) groups excluding carboxylic acids is 2. The van der Waals surface area contributed by atoms with Crippen molar-refractivity contribution in [2.75, 3.05) is 96.1 Å². The van der Waals surface area contributed by atoms with Gasteiger partial charge in [-0.05, 0) is 103 Å². The molecule has 66 heavy (non-hydrogen) atoms. The maximum Gasteiger partial charge on any atom is 0.331 e. The summed E-state index contributed by atoms with van der Waals surface area (Å²) in [5.41, 5.74) is 12.1. The number of esters is 2. The van der Waals surface area contributed by atoms with E-state index in [1.807, 2.05) is 12.1 Å². The quantitative estimate of drug-likeness (QED) is 0.0370. The number of ether oxygens (including phenoxy) is 8. The summed E-state index contributed by atoms with van der Waals surface area (Å²) < 4.78 is 47.2. The number of nitrogens with zero attached hydrogens (tertiary/aromatic N) is 2. The lowest BCUT2D eigenvalue weighted by molar-refractivity contribution is -0.941. The predicted octanol–water partition coefficient (Wildman–Crippen LogP) is 8.67. The first-order valence-corrected chi connectivity index (χ1v) is 23.1. The molecule has 0 aromatic heterocycles. The molecule has 2 heterocycles. The molecule has 6 rings (SSSR count). The molecule has 2 aliphatic rings. The Morgan fingerprint density at radius 2 is 1.08 bits per heavy atom. The maximum atomic E-state index is 12.9. The van der Waals surface area contributed by atoms with Gasteiger partial charge in [-0.2, -0.15) is 0 Å². The first kappa shape index (κ1) is 49.7. The highest BCUT2D eigenvalue weighted by atomic mass is 16.5. The first-order chi connectivity index (χ1) is 31.6. The van der Waals surface area contributed by atoms with Crippen molar-refractivity contribution in [1.29, 1.82) is 0 Å². The molecule has 0 fully saturated rings. The molecular weight excluding hydrogens is 837 g/mol. The highest BCUT2D eigenvalue weighted by molar-refractivity contribution is 5.91. The van der Waals surface area contributed by atoms with Crippen LogP contribution in [0.25, 0.3) is 0 Å². The topological polar surface area (TPSA) is 108 Å². The summed E-state index contributed by atoms with van der Waals surface area (Å²) in [7, 11) is 14.7. The van der Waals surface area contributed by atoms with E-state index in [-0.39, 0.29) is 25.3 Å². The molecule has 4 aromatic carbocycles. The van der Waals surface area contributed by atoms with Gasteiger partial charge in [-0.3, -0.25) is 0 Å². The van der Waals surface area contributed by atoms with Crippen molar-refractivity contribution in [2.45, 2.75) is 78.3 Å². The molecule has 4 atom stereocenters. The Morgan fingerprint density at radius 1 is 0.561 bits per heavy atom. The van der Waals surface area contributed by atoms with Crippen LogP contribution in [0, 0.1) is 27.7 Å². The van der Waals surface area contributed by atoms with Gasteiger partial charge in [-0.1, -0.05) is 18.2 Å². The van der Waals surface area contributed by atoms with Gasteiger partial charge in [0.05, 0.1) is 102 Å². The lowest BCUT2D eigenvalue weighted by atomic mass is 9.83. The van der Waals surface area contributed by atoms with Crippen LogP contribution in [0.15, 0.2) is 60.7 Å². The summed E-state index contributed by atoms with van der Waals surface area (Å²) in [5, 5.41) is 0. The second kappa shape index (κ2) is 21.7. The summed E-state index contributed by atoms with van der Waals surface area (Å²) >= 11 is 0. The van der Waals surface area contributed by atoms with Gasteiger partial charge >= 0.3 is 11.9 Å². The van der Waals surface area contributed by atoms with Crippen LogP contribution >= 0.6 is 0 Å². The van der Waals surface area contributed by atoms with Crippen LogP contribution in [0.5, 0.6) is 34.5 Å². The van der Waals surface area contributed by atoms with Gasteiger partial charge in [0.15, 0.2) is 23.0 Å². The Bertz CT molecular complexity index is 2410. The molecule has 0 N–H and O–H groups in total. The number of likely N-dealkylation sites (N-methyl/N-ethyl adjacent to an activating group) is 2. The van der Waals surface area contributed by atoms with Crippen molar-refractivity contribution in [2.24, 2.45) is 0 Å².